The summed E-state index contributed by atoms with van der Waals surface area (Å²) in [4.78, 5) is 16.2. The van der Waals surface area contributed by atoms with Crippen LogP contribution in [0.5, 0.6) is 0 Å². The predicted molar refractivity (Wildman–Crippen MR) is 79.7 cm³/mol. The fourth-order valence-electron chi connectivity index (χ4n) is 2.71. The Hall–Kier alpha value is -0.650. The third-order valence-corrected chi connectivity index (χ3v) is 3.96. The standard InChI is InChI=1S/C15H30N2O3/c1-3-17(4-2)15(19)6-5-9-16-10-7-14(8-11-16)20-13-12-18/h14,18H,3-13H2,1-2H3. The number of aliphatic hydroxyl groups excluding tert-OH is 1. The Balaban J connectivity index is 2.11. The molecule has 0 aliphatic carbocycles. The maximum atomic E-state index is 11.9. The van der Waals surface area contributed by atoms with Crippen molar-refractivity contribution in [2.75, 3.05) is 45.9 Å². The van der Waals surface area contributed by atoms with Crippen LogP contribution in [0.1, 0.15) is 39.5 Å². The van der Waals surface area contributed by atoms with E-state index in [2.05, 4.69) is 4.90 Å². The van der Waals surface area contributed by atoms with E-state index in [9.17, 15) is 4.79 Å². The van der Waals surface area contributed by atoms with Crippen molar-refractivity contribution >= 4 is 5.91 Å². The molecule has 1 saturated heterocycles. The van der Waals surface area contributed by atoms with Crippen molar-refractivity contribution in [2.45, 2.75) is 45.6 Å². The first-order valence-corrected chi connectivity index (χ1v) is 7.93. The van der Waals surface area contributed by atoms with Gasteiger partial charge in [0, 0.05) is 32.6 Å². The Labute approximate surface area is 122 Å². The third kappa shape index (κ3) is 6.20. The Morgan fingerprint density at radius 2 is 1.95 bits per heavy atom. The minimum absolute atomic E-state index is 0.105. The largest absolute Gasteiger partial charge is 0.394 e. The van der Waals surface area contributed by atoms with Crippen molar-refractivity contribution < 1.29 is 14.6 Å². The molecule has 0 aromatic heterocycles. The van der Waals surface area contributed by atoms with Crippen LogP contribution in [0.2, 0.25) is 0 Å². The molecule has 1 aliphatic heterocycles. The first-order chi connectivity index (χ1) is 9.71. The van der Waals surface area contributed by atoms with Gasteiger partial charge >= 0.3 is 0 Å². The lowest BCUT2D eigenvalue weighted by atomic mass is 10.1. The van der Waals surface area contributed by atoms with Gasteiger partial charge in [0.1, 0.15) is 0 Å². The highest BCUT2D eigenvalue weighted by atomic mass is 16.5. The number of likely N-dealkylation sites (tertiary alicyclic amines) is 1. The van der Waals surface area contributed by atoms with E-state index in [1.54, 1.807) is 0 Å². The monoisotopic (exact) mass is 286 g/mol. The lowest BCUT2D eigenvalue weighted by molar-refractivity contribution is -0.131. The molecule has 0 aromatic rings. The van der Waals surface area contributed by atoms with Crippen LogP contribution >= 0.6 is 0 Å². The molecule has 5 heteroatoms. The van der Waals surface area contributed by atoms with Crippen LogP contribution in [0.15, 0.2) is 0 Å². The molecule has 118 valence electrons. The molecule has 1 rings (SSSR count). The number of ether oxygens (including phenoxy) is 1. The minimum atomic E-state index is 0.105. The summed E-state index contributed by atoms with van der Waals surface area (Å²) < 4.78 is 5.55. The Bertz CT molecular complexity index is 262. The van der Waals surface area contributed by atoms with Gasteiger partial charge in [-0.15, -0.1) is 0 Å². The molecule has 0 radical (unpaired) electrons. The van der Waals surface area contributed by atoms with Gasteiger partial charge in [-0.2, -0.15) is 0 Å². The van der Waals surface area contributed by atoms with Gasteiger partial charge in [0.25, 0.3) is 0 Å². The molecule has 0 bridgehead atoms. The highest BCUT2D eigenvalue weighted by Gasteiger charge is 2.19. The Morgan fingerprint density at radius 1 is 1.30 bits per heavy atom. The summed E-state index contributed by atoms with van der Waals surface area (Å²) in [6, 6.07) is 0. The quantitative estimate of drug-likeness (QED) is 0.690. The second kappa shape index (κ2) is 10.1. The van der Waals surface area contributed by atoms with Gasteiger partial charge in [-0.1, -0.05) is 0 Å². The van der Waals surface area contributed by atoms with Crippen molar-refractivity contribution in [3.63, 3.8) is 0 Å². The number of carbonyl (C=O) groups is 1. The molecule has 0 unspecified atom stereocenters. The number of hydrogen-bond acceptors (Lipinski definition) is 4. The van der Waals surface area contributed by atoms with Crippen LogP contribution in [-0.4, -0.2) is 72.9 Å². The summed E-state index contributed by atoms with van der Waals surface area (Å²) in [6.07, 6.45) is 3.96. The van der Waals surface area contributed by atoms with Gasteiger partial charge in [0.2, 0.25) is 5.91 Å². The molecule has 1 heterocycles. The zero-order valence-corrected chi connectivity index (χ0v) is 13.0. The molecule has 20 heavy (non-hydrogen) atoms. The zero-order chi connectivity index (χ0) is 14.8. The third-order valence-electron chi connectivity index (χ3n) is 3.96. The van der Waals surface area contributed by atoms with Crippen molar-refractivity contribution in [1.82, 2.24) is 9.80 Å². The molecule has 1 aliphatic rings. The average molecular weight is 286 g/mol. The van der Waals surface area contributed by atoms with Crippen molar-refractivity contribution in [3.8, 4) is 0 Å². The topological polar surface area (TPSA) is 53.0 Å². The summed E-state index contributed by atoms with van der Waals surface area (Å²) in [5.41, 5.74) is 0. The molecule has 5 nitrogen and oxygen atoms in total. The number of piperidine rings is 1. The van der Waals surface area contributed by atoms with Gasteiger partial charge in [0.15, 0.2) is 0 Å². The van der Waals surface area contributed by atoms with E-state index >= 15 is 0 Å². The number of carbonyl (C=O) groups excluding carboxylic acids is 1. The van der Waals surface area contributed by atoms with E-state index in [1.807, 2.05) is 18.7 Å². The lowest BCUT2D eigenvalue weighted by Crippen LogP contribution is -2.38. The molecule has 0 atom stereocenters. The normalized spacial score (nSPS) is 17.4. The van der Waals surface area contributed by atoms with E-state index in [-0.39, 0.29) is 12.5 Å². The van der Waals surface area contributed by atoms with Crippen molar-refractivity contribution in [3.05, 3.63) is 0 Å². The van der Waals surface area contributed by atoms with Crippen LogP contribution in [-0.2, 0) is 9.53 Å². The smallest absolute Gasteiger partial charge is 0.222 e. The predicted octanol–water partition coefficient (Wildman–Crippen LogP) is 1.11. The minimum Gasteiger partial charge on any atom is -0.394 e. The summed E-state index contributed by atoms with van der Waals surface area (Å²) in [6.45, 7) is 9.30. The van der Waals surface area contributed by atoms with Crippen LogP contribution in [0, 0.1) is 0 Å². The highest BCUT2D eigenvalue weighted by Crippen LogP contribution is 2.14. The first-order valence-electron chi connectivity index (χ1n) is 7.93. The van der Waals surface area contributed by atoms with Crippen LogP contribution < -0.4 is 0 Å². The van der Waals surface area contributed by atoms with E-state index in [4.69, 9.17) is 9.84 Å². The average Bonchev–Trinajstić information content (AvgIpc) is 2.47. The number of nitrogens with zero attached hydrogens (tertiary/aromatic N) is 2. The van der Waals surface area contributed by atoms with Gasteiger partial charge in [-0.3, -0.25) is 4.79 Å². The van der Waals surface area contributed by atoms with Gasteiger partial charge in [-0.05, 0) is 39.7 Å². The van der Waals surface area contributed by atoms with E-state index in [0.29, 0.717) is 19.1 Å². The SMILES string of the molecule is CCN(CC)C(=O)CCCN1CCC(OCCO)CC1. The van der Waals surface area contributed by atoms with Gasteiger partial charge in [-0.25, -0.2) is 0 Å². The number of amides is 1. The second-order valence-electron chi connectivity index (χ2n) is 5.30. The first kappa shape index (κ1) is 17.4. The maximum Gasteiger partial charge on any atom is 0.222 e. The molecule has 0 saturated carbocycles. The maximum absolute atomic E-state index is 11.9. The molecule has 1 amide bonds. The van der Waals surface area contributed by atoms with Gasteiger partial charge in [0.05, 0.1) is 19.3 Å². The van der Waals surface area contributed by atoms with Crippen LogP contribution in [0.4, 0.5) is 0 Å². The van der Waals surface area contributed by atoms with E-state index in [1.165, 1.54) is 0 Å². The number of hydrogen-bond donors (Lipinski definition) is 1. The van der Waals surface area contributed by atoms with Crippen LogP contribution in [0.3, 0.4) is 0 Å². The number of aliphatic hydroxyl groups is 1. The second-order valence-corrected chi connectivity index (χ2v) is 5.30. The zero-order valence-electron chi connectivity index (χ0n) is 13.0. The van der Waals surface area contributed by atoms with E-state index in [0.717, 1.165) is 52.0 Å². The Morgan fingerprint density at radius 3 is 2.50 bits per heavy atom. The number of rotatable bonds is 9. The fraction of sp³-hybridized carbons (Fsp3) is 0.933. The molecular formula is C15H30N2O3. The van der Waals surface area contributed by atoms with Crippen molar-refractivity contribution in [1.29, 1.82) is 0 Å². The molecule has 1 N–H and O–H groups in total. The van der Waals surface area contributed by atoms with Gasteiger partial charge < -0.3 is 19.6 Å². The summed E-state index contributed by atoms with van der Waals surface area (Å²) >= 11 is 0. The van der Waals surface area contributed by atoms with Crippen LogP contribution in [0.25, 0.3) is 0 Å². The van der Waals surface area contributed by atoms with E-state index < -0.39 is 0 Å². The van der Waals surface area contributed by atoms with Crippen molar-refractivity contribution in [2.24, 2.45) is 0 Å². The lowest BCUT2D eigenvalue weighted by Gasteiger charge is -2.31. The fourth-order valence-corrected chi connectivity index (χ4v) is 2.71. The summed E-state index contributed by atoms with van der Waals surface area (Å²) in [5.74, 6) is 0.274. The summed E-state index contributed by atoms with van der Waals surface area (Å²) in [7, 11) is 0. The molecular weight excluding hydrogens is 256 g/mol. The molecule has 1 fully saturated rings. The molecule has 0 spiro atoms. The summed E-state index contributed by atoms with van der Waals surface area (Å²) in [5, 5.41) is 8.73. The highest BCUT2D eigenvalue weighted by molar-refractivity contribution is 5.76. The molecule has 0 aromatic carbocycles. The Kier molecular flexibility index (Phi) is 8.82.